The highest BCUT2D eigenvalue weighted by Gasteiger charge is 2.28. The van der Waals surface area contributed by atoms with Gasteiger partial charge in [0.25, 0.3) is 5.91 Å². The van der Waals surface area contributed by atoms with E-state index in [9.17, 15) is 18.4 Å². The van der Waals surface area contributed by atoms with Crippen molar-refractivity contribution in [3.05, 3.63) is 35.4 Å². The van der Waals surface area contributed by atoms with Crippen molar-refractivity contribution in [3.63, 3.8) is 0 Å². The molecular formula is C14H17F2NO3. The third-order valence-corrected chi connectivity index (χ3v) is 2.85. The van der Waals surface area contributed by atoms with Crippen molar-refractivity contribution in [3.8, 4) is 0 Å². The first-order valence-electron chi connectivity index (χ1n) is 6.08. The average Bonchev–Trinajstić information content (AvgIpc) is 2.24. The highest BCUT2D eigenvalue weighted by atomic mass is 19.1. The fourth-order valence-corrected chi connectivity index (χ4v) is 1.67. The summed E-state index contributed by atoms with van der Waals surface area (Å²) in [5.74, 6) is -3.48. The highest BCUT2D eigenvalue weighted by molar-refractivity contribution is 5.94. The minimum atomic E-state index is -1.06. The van der Waals surface area contributed by atoms with Gasteiger partial charge in [-0.3, -0.25) is 9.59 Å². The van der Waals surface area contributed by atoms with Crippen molar-refractivity contribution in [1.82, 2.24) is 5.32 Å². The number of benzene rings is 1. The van der Waals surface area contributed by atoms with Gasteiger partial charge < -0.3 is 10.4 Å². The summed E-state index contributed by atoms with van der Waals surface area (Å²) in [6.07, 6.45) is -0.271. The van der Waals surface area contributed by atoms with Gasteiger partial charge in [0.1, 0.15) is 11.6 Å². The number of carbonyl (C=O) groups is 2. The Morgan fingerprint density at radius 3 is 2.10 bits per heavy atom. The zero-order chi connectivity index (χ0) is 15.5. The van der Waals surface area contributed by atoms with E-state index in [0.29, 0.717) is 6.07 Å². The maximum Gasteiger partial charge on any atom is 0.305 e. The minimum absolute atomic E-state index is 0.179. The first-order chi connectivity index (χ1) is 9.09. The fraction of sp³-hybridized carbons (Fsp3) is 0.429. The molecule has 1 amide bonds. The van der Waals surface area contributed by atoms with E-state index in [0.717, 1.165) is 12.1 Å². The van der Waals surface area contributed by atoms with Crippen molar-refractivity contribution in [2.75, 3.05) is 0 Å². The SMILES string of the molecule is CC(C)(C)C(CC(=O)O)NC(=O)c1cc(F)cc(F)c1. The van der Waals surface area contributed by atoms with Gasteiger partial charge in [0.05, 0.1) is 6.42 Å². The van der Waals surface area contributed by atoms with Crippen molar-refractivity contribution in [2.24, 2.45) is 5.41 Å². The zero-order valence-corrected chi connectivity index (χ0v) is 11.5. The Hall–Kier alpha value is -1.98. The van der Waals surface area contributed by atoms with E-state index in [1.807, 2.05) is 0 Å². The third kappa shape index (κ3) is 4.60. The smallest absolute Gasteiger partial charge is 0.305 e. The monoisotopic (exact) mass is 285 g/mol. The Bertz CT molecular complexity index is 503. The molecule has 4 nitrogen and oxygen atoms in total. The minimum Gasteiger partial charge on any atom is -0.481 e. The van der Waals surface area contributed by atoms with Gasteiger partial charge in [0, 0.05) is 17.7 Å². The second kappa shape index (κ2) is 5.98. The molecular weight excluding hydrogens is 268 g/mol. The number of rotatable bonds is 4. The summed E-state index contributed by atoms with van der Waals surface area (Å²) >= 11 is 0. The molecule has 0 saturated carbocycles. The summed E-state index contributed by atoms with van der Waals surface area (Å²) < 4.78 is 26.1. The van der Waals surface area contributed by atoms with Gasteiger partial charge in [-0.25, -0.2) is 8.78 Å². The largest absolute Gasteiger partial charge is 0.481 e. The van der Waals surface area contributed by atoms with Crippen molar-refractivity contribution in [2.45, 2.75) is 33.2 Å². The van der Waals surface area contributed by atoms with Gasteiger partial charge in [-0.2, -0.15) is 0 Å². The van der Waals surface area contributed by atoms with Crippen LogP contribution in [0.4, 0.5) is 8.78 Å². The predicted molar refractivity (Wildman–Crippen MR) is 69.3 cm³/mol. The number of amides is 1. The molecule has 0 radical (unpaired) electrons. The van der Waals surface area contributed by atoms with Crippen LogP contribution in [-0.4, -0.2) is 23.0 Å². The summed E-state index contributed by atoms with van der Waals surface area (Å²) in [4.78, 5) is 22.8. The number of carboxylic acids is 1. The Morgan fingerprint density at radius 2 is 1.70 bits per heavy atom. The highest BCUT2D eigenvalue weighted by Crippen LogP contribution is 2.22. The molecule has 1 rings (SSSR count). The van der Waals surface area contributed by atoms with Gasteiger partial charge in [0.15, 0.2) is 0 Å². The van der Waals surface area contributed by atoms with E-state index in [-0.39, 0.29) is 12.0 Å². The van der Waals surface area contributed by atoms with Gasteiger partial charge in [-0.15, -0.1) is 0 Å². The topological polar surface area (TPSA) is 66.4 Å². The van der Waals surface area contributed by atoms with E-state index in [1.165, 1.54) is 0 Å². The van der Waals surface area contributed by atoms with Crippen molar-refractivity contribution < 1.29 is 23.5 Å². The predicted octanol–water partition coefficient (Wildman–Crippen LogP) is 2.58. The zero-order valence-electron chi connectivity index (χ0n) is 11.5. The van der Waals surface area contributed by atoms with E-state index < -0.39 is 35.0 Å². The van der Waals surface area contributed by atoms with E-state index in [2.05, 4.69) is 5.32 Å². The number of halogens is 2. The second-order valence-corrected chi connectivity index (χ2v) is 5.65. The summed E-state index contributed by atoms with van der Waals surface area (Å²) in [6.45, 7) is 5.31. The van der Waals surface area contributed by atoms with Crippen LogP contribution in [0.5, 0.6) is 0 Å². The molecule has 0 aliphatic rings. The quantitative estimate of drug-likeness (QED) is 0.893. The average molecular weight is 285 g/mol. The molecule has 0 aliphatic heterocycles. The van der Waals surface area contributed by atoms with E-state index in [1.54, 1.807) is 20.8 Å². The standard InChI is InChI=1S/C14H17F2NO3/c1-14(2,3)11(7-12(18)19)17-13(20)8-4-9(15)6-10(16)5-8/h4-6,11H,7H2,1-3H3,(H,17,20)(H,18,19). The molecule has 1 atom stereocenters. The molecule has 110 valence electrons. The van der Waals surface area contributed by atoms with Crippen LogP contribution in [0.1, 0.15) is 37.6 Å². The molecule has 1 aromatic carbocycles. The Morgan fingerprint density at radius 1 is 1.20 bits per heavy atom. The second-order valence-electron chi connectivity index (χ2n) is 5.65. The van der Waals surface area contributed by atoms with Crippen LogP contribution in [-0.2, 0) is 4.79 Å². The Labute approximate surface area is 115 Å². The molecule has 0 spiro atoms. The summed E-state index contributed by atoms with van der Waals surface area (Å²) in [7, 11) is 0. The van der Waals surface area contributed by atoms with Crippen LogP contribution >= 0.6 is 0 Å². The molecule has 1 unspecified atom stereocenters. The van der Waals surface area contributed by atoms with Crippen LogP contribution in [0.15, 0.2) is 18.2 Å². The number of hydrogen-bond acceptors (Lipinski definition) is 2. The molecule has 1 aromatic rings. The number of hydrogen-bond donors (Lipinski definition) is 2. The molecule has 20 heavy (non-hydrogen) atoms. The van der Waals surface area contributed by atoms with Crippen LogP contribution in [0, 0.1) is 17.0 Å². The Balaban J connectivity index is 2.93. The molecule has 0 aromatic heterocycles. The third-order valence-electron chi connectivity index (χ3n) is 2.85. The van der Waals surface area contributed by atoms with Crippen LogP contribution < -0.4 is 5.32 Å². The van der Waals surface area contributed by atoms with Crippen LogP contribution in [0.3, 0.4) is 0 Å². The van der Waals surface area contributed by atoms with Gasteiger partial charge in [0.2, 0.25) is 0 Å². The van der Waals surface area contributed by atoms with E-state index >= 15 is 0 Å². The lowest BCUT2D eigenvalue weighted by atomic mass is 9.84. The summed E-state index contributed by atoms with van der Waals surface area (Å²) in [5, 5.41) is 11.4. The maximum atomic E-state index is 13.1. The molecule has 2 N–H and O–H groups in total. The molecule has 0 fully saturated rings. The van der Waals surface area contributed by atoms with Crippen LogP contribution in [0.25, 0.3) is 0 Å². The summed E-state index contributed by atoms with van der Waals surface area (Å²) in [6, 6.07) is 1.81. The molecule has 0 saturated heterocycles. The maximum absolute atomic E-state index is 13.1. The first kappa shape index (κ1) is 16.1. The molecule has 0 bridgehead atoms. The number of carboxylic acid groups (broad SMARTS) is 1. The van der Waals surface area contributed by atoms with Crippen molar-refractivity contribution in [1.29, 1.82) is 0 Å². The lowest BCUT2D eigenvalue weighted by Crippen LogP contribution is -2.45. The van der Waals surface area contributed by atoms with Gasteiger partial charge in [-0.05, 0) is 17.5 Å². The fourth-order valence-electron chi connectivity index (χ4n) is 1.67. The number of nitrogens with one attached hydrogen (secondary N) is 1. The van der Waals surface area contributed by atoms with Crippen molar-refractivity contribution >= 4 is 11.9 Å². The number of carbonyl (C=O) groups excluding carboxylic acids is 1. The normalized spacial score (nSPS) is 12.8. The van der Waals surface area contributed by atoms with E-state index in [4.69, 9.17) is 5.11 Å². The van der Waals surface area contributed by atoms with Gasteiger partial charge in [-0.1, -0.05) is 20.8 Å². The van der Waals surface area contributed by atoms with Crippen LogP contribution in [0.2, 0.25) is 0 Å². The lowest BCUT2D eigenvalue weighted by Gasteiger charge is -2.30. The molecule has 0 heterocycles. The first-order valence-corrected chi connectivity index (χ1v) is 6.08. The molecule has 6 heteroatoms. The Kier molecular flexibility index (Phi) is 4.81. The lowest BCUT2D eigenvalue weighted by molar-refractivity contribution is -0.138. The van der Waals surface area contributed by atoms with Gasteiger partial charge >= 0.3 is 5.97 Å². The number of aliphatic carboxylic acids is 1. The molecule has 0 aliphatic carbocycles. The summed E-state index contributed by atoms with van der Waals surface area (Å²) in [5.41, 5.74) is -0.679.